The quantitative estimate of drug-likeness (QED) is 0.0483. The maximum Gasteiger partial charge on any atom is 0.327 e. The van der Waals surface area contributed by atoms with Crippen molar-refractivity contribution in [2.45, 2.75) is 181 Å². The first-order chi connectivity index (χ1) is 23.5. The minimum absolute atomic E-state index is 0.0614. The van der Waals surface area contributed by atoms with Crippen molar-refractivity contribution in [1.82, 2.24) is 0 Å². The molecule has 0 aromatic rings. The van der Waals surface area contributed by atoms with Crippen molar-refractivity contribution in [2.24, 2.45) is 11.8 Å². The average Bonchev–Trinajstić information content (AvgIpc) is 3.01. The fraction of sp³-hybridized carbons (Fsp3) is 0.833. The highest BCUT2D eigenvalue weighted by molar-refractivity contribution is 5.79. The maximum absolute atomic E-state index is 10.7. The third-order valence-electron chi connectivity index (χ3n) is 6.75. The van der Waals surface area contributed by atoms with E-state index in [1.165, 1.54) is 25.3 Å². The Kier molecular flexibility index (Phi) is 17.4. The Bertz CT molecular complexity index is 1050. The molecular formula is C36H66O4. The SMILES string of the molecule is [3H]C(C)(C)C([3H])([3H])C([3H])([3H])C([3H])([3H])C([3H])([3H])C([3H])([3H])C(CCCC=CCCCC(=O)O)CCCCCCCCCCCCCCCC=CC(=O)O. The standard InChI is InChI=1S/C36H66O4/c1-33(2)27-21-20-24-30-34(29-23-17-14-15-19-26-32-36(39)40)28-22-16-12-10-8-6-4-3-5-7-9-11-13-18-25-31-35(37)38/h14-15,25,31,33-34H,3-13,16-24,26-30,32H2,1-2H3,(H,37,38)(H,39,40)/i20T2,21T2,24T2,27T2,30T2,33T. The van der Waals surface area contributed by atoms with Gasteiger partial charge >= 0.3 is 11.9 Å². The predicted octanol–water partition coefficient (Wildman–Crippen LogP) is 11.7. The van der Waals surface area contributed by atoms with Crippen LogP contribution < -0.4 is 0 Å². The molecule has 0 radical (unpaired) electrons. The summed E-state index contributed by atoms with van der Waals surface area (Å²) in [7, 11) is 0. The van der Waals surface area contributed by atoms with Gasteiger partial charge in [0.25, 0.3) is 0 Å². The van der Waals surface area contributed by atoms with Crippen LogP contribution in [0.5, 0.6) is 0 Å². The van der Waals surface area contributed by atoms with E-state index in [4.69, 9.17) is 25.3 Å². The molecule has 0 heterocycles. The van der Waals surface area contributed by atoms with Crippen LogP contribution in [-0.4, -0.2) is 22.2 Å². The van der Waals surface area contributed by atoms with E-state index in [-0.39, 0.29) is 19.3 Å². The van der Waals surface area contributed by atoms with Crippen LogP contribution in [0.15, 0.2) is 24.3 Å². The van der Waals surface area contributed by atoms with Gasteiger partial charge in [0.15, 0.2) is 0 Å². The van der Waals surface area contributed by atoms with Gasteiger partial charge in [0.2, 0.25) is 0 Å². The molecule has 0 aromatic heterocycles. The number of hydrogen-bond donors (Lipinski definition) is 2. The largest absolute Gasteiger partial charge is 0.481 e. The lowest BCUT2D eigenvalue weighted by Gasteiger charge is -2.17. The fourth-order valence-corrected chi connectivity index (χ4v) is 4.48. The highest BCUT2D eigenvalue weighted by atomic mass is 16.4. The molecule has 4 nitrogen and oxygen atoms in total. The van der Waals surface area contributed by atoms with Crippen molar-refractivity contribution < 1.29 is 34.9 Å². The van der Waals surface area contributed by atoms with Crippen molar-refractivity contribution in [2.75, 3.05) is 0 Å². The number of unbranched alkanes of at least 4 members (excludes halogenated alkanes) is 15. The summed E-state index contributed by atoms with van der Waals surface area (Å²) in [5.74, 6) is -4.87. The molecule has 1 atom stereocenters. The lowest BCUT2D eigenvalue weighted by molar-refractivity contribution is -0.137. The summed E-state index contributed by atoms with van der Waals surface area (Å²) in [5, 5.41) is 17.4. The number of carboxylic acids is 2. The van der Waals surface area contributed by atoms with Gasteiger partial charge in [-0.15, -0.1) is 0 Å². The van der Waals surface area contributed by atoms with Crippen molar-refractivity contribution in [3.8, 4) is 0 Å². The van der Waals surface area contributed by atoms with E-state index in [0.717, 1.165) is 78.1 Å². The second-order valence-corrected chi connectivity index (χ2v) is 10.9. The summed E-state index contributed by atoms with van der Waals surface area (Å²) >= 11 is 0. The van der Waals surface area contributed by atoms with Crippen molar-refractivity contribution in [3.05, 3.63) is 24.3 Å². The summed E-state index contributed by atoms with van der Waals surface area (Å²) in [4.78, 5) is 21.2. The molecule has 234 valence electrons. The van der Waals surface area contributed by atoms with Crippen LogP contribution in [0, 0.1) is 11.8 Å². The number of rotatable bonds is 31. The van der Waals surface area contributed by atoms with Gasteiger partial charge in [0.05, 0.1) is 0 Å². The molecule has 4 heteroatoms. The van der Waals surface area contributed by atoms with Gasteiger partial charge < -0.3 is 10.2 Å². The fourth-order valence-electron chi connectivity index (χ4n) is 4.48. The van der Waals surface area contributed by atoms with Gasteiger partial charge in [-0.05, 0) is 50.3 Å². The summed E-state index contributed by atoms with van der Waals surface area (Å²) in [6.07, 6.45) is 7.02. The normalized spacial score (nSPS) is 18.8. The first kappa shape index (κ1) is 22.9. The minimum atomic E-state index is -3.62. The van der Waals surface area contributed by atoms with Crippen molar-refractivity contribution in [3.63, 3.8) is 0 Å². The van der Waals surface area contributed by atoms with Crippen LogP contribution in [-0.2, 0) is 9.59 Å². The molecule has 0 fully saturated rings. The summed E-state index contributed by atoms with van der Waals surface area (Å²) < 4.78 is 93.8. The monoisotopic (exact) mass is 585 g/mol. The molecule has 0 aliphatic rings. The van der Waals surface area contributed by atoms with E-state index >= 15 is 0 Å². The maximum atomic E-state index is 10.7. The number of aliphatic carboxylic acids is 2. The molecule has 0 saturated carbocycles. The zero-order valence-electron chi connectivity index (χ0n) is 36.4. The Morgan fingerprint density at radius 2 is 1.10 bits per heavy atom. The molecule has 0 aliphatic heterocycles. The Hall–Kier alpha value is -1.58. The molecule has 1 unspecified atom stereocenters. The topological polar surface area (TPSA) is 74.6 Å². The van der Waals surface area contributed by atoms with E-state index in [1.54, 1.807) is 6.08 Å². The summed E-state index contributed by atoms with van der Waals surface area (Å²) in [5.41, 5.74) is 0. The predicted molar refractivity (Wildman–Crippen MR) is 172 cm³/mol. The lowest BCUT2D eigenvalue weighted by atomic mass is 9.89. The van der Waals surface area contributed by atoms with Crippen molar-refractivity contribution in [1.29, 1.82) is 0 Å². The highest BCUT2D eigenvalue weighted by Crippen LogP contribution is 2.24. The number of allylic oxidation sites excluding steroid dienone is 3. The average molecular weight is 585 g/mol. The van der Waals surface area contributed by atoms with Crippen LogP contribution in [0.3, 0.4) is 0 Å². The van der Waals surface area contributed by atoms with E-state index in [9.17, 15) is 9.59 Å². The van der Waals surface area contributed by atoms with Gasteiger partial charge in [-0.2, -0.15) is 0 Å². The summed E-state index contributed by atoms with van der Waals surface area (Å²) in [6.45, 7) is 2.17. The van der Waals surface area contributed by atoms with E-state index in [0.29, 0.717) is 32.1 Å². The zero-order valence-corrected chi connectivity index (χ0v) is 25.4. The minimum Gasteiger partial charge on any atom is -0.481 e. The van der Waals surface area contributed by atoms with Gasteiger partial charge in [0, 0.05) is 27.6 Å². The summed E-state index contributed by atoms with van der Waals surface area (Å²) in [6, 6.07) is 0. The first-order valence-electron chi connectivity index (χ1n) is 21.2. The molecule has 2 N–H and O–H groups in total. The number of hydrogen-bond acceptors (Lipinski definition) is 2. The molecule has 0 aliphatic carbocycles. The third kappa shape index (κ3) is 32.6. The molecule has 0 saturated heterocycles. The number of carboxylic acid groups (broad SMARTS) is 2. The van der Waals surface area contributed by atoms with Crippen LogP contribution in [0.4, 0.5) is 0 Å². The first-order valence-corrected chi connectivity index (χ1v) is 15.7. The van der Waals surface area contributed by atoms with E-state index in [2.05, 4.69) is 0 Å². The van der Waals surface area contributed by atoms with Gasteiger partial charge in [-0.1, -0.05) is 154 Å². The number of carbonyl (C=O) groups is 2. The van der Waals surface area contributed by atoms with Gasteiger partial charge in [-0.25, -0.2) is 4.79 Å². The Balaban J connectivity index is 5.14. The molecular weight excluding hydrogens is 496 g/mol. The Labute approximate surface area is 263 Å². The smallest absolute Gasteiger partial charge is 0.327 e. The lowest BCUT2D eigenvalue weighted by Crippen LogP contribution is -2.01. The third-order valence-corrected chi connectivity index (χ3v) is 6.75. The Morgan fingerprint density at radius 3 is 1.65 bits per heavy atom. The molecule has 0 rings (SSSR count). The molecule has 0 spiro atoms. The second-order valence-electron chi connectivity index (χ2n) is 10.9. The molecule has 0 amide bonds. The Morgan fingerprint density at radius 1 is 0.625 bits per heavy atom. The van der Waals surface area contributed by atoms with E-state index in [1.807, 2.05) is 12.2 Å². The van der Waals surface area contributed by atoms with Crippen LogP contribution in [0.1, 0.15) is 196 Å². The molecule has 0 bridgehead atoms. The van der Waals surface area contributed by atoms with Gasteiger partial charge in [-0.3, -0.25) is 4.79 Å². The molecule has 40 heavy (non-hydrogen) atoms. The highest BCUT2D eigenvalue weighted by Gasteiger charge is 2.08. The van der Waals surface area contributed by atoms with E-state index < -0.39 is 55.6 Å². The zero-order chi connectivity index (χ0) is 39.4. The van der Waals surface area contributed by atoms with Crippen molar-refractivity contribution >= 4 is 11.9 Å². The van der Waals surface area contributed by atoms with Crippen LogP contribution >= 0.6 is 0 Å². The van der Waals surface area contributed by atoms with Crippen LogP contribution in [0.25, 0.3) is 0 Å². The second kappa shape index (κ2) is 30.4. The van der Waals surface area contributed by atoms with Crippen LogP contribution in [0.2, 0.25) is 0 Å². The van der Waals surface area contributed by atoms with Gasteiger partial charge in [0.1, 0.15) is 0 Å². The molecule has 0 aromatic carbocycles.